The maximum atomic E-state index is 13.0. The molecule has 8 nitrogen and oxygen atoms in total. The molecular formula is C22H21F3N6O2S. The number of nitrogens with one attached hydrogen (secondary N) is 2. The zero-order valence-electron chi connectivity index (χ0n) is 18.5. The minimum atomic E-state index is -4.42. The molecule has 0 saturated heterocycles. The lowest BCUT2D eigenvalue weighted by molar-refractivity contribution is -0.137. The molecular weight excluding hydrogens is 469 g/mol. The number of carbonyl (C=O) groups is 2. The largest absolute Gasteiger partial charge is 0.416 e. The molecule has 0 aliphatic rings. The maximum Gasteiger partial charge on any atom is 0.416 e. The Morgan fingerprint density at radius 1 is 1.09 bits per heavy atom. The van der Waals surface area contributed by atoms with E-state index in [1.165, 1.54) is 11.0 Å². The number of nitrogens with zero attached hydrogens (tertiary/aromatic N) is 4. The molecule has 2 N–H and O–H groups in total. The summed E-state index contributed by atoms with van der Waals surface area (Å²) in [6.45, 7) is 0.219. The van der Waals surface area contributed by atoms with Gasteiger partial charge in [-0.2, -0.15) is 13.2 Å². The molecule has 0 aliphatic carbocycles. The average Bonchev–Trinajstić information content (AvgIpc) is 3.32. The van der Waals surface area contributed by atoms with E-state index in [0.29, 0.717) is 32.4 Å². The molecule has 0 atom stereocenters. The molecule has 2 heterocycles. The second kappa shape index (κ2) is 8.93. The van der Waals surface area contributed by atoms with Gasteiger partial charge >= 0.3 is 6.18 Å². The van der Waals surface area contributed by atoms with Crippen LogP contribution in [0.1, 0.15) is 22.3 Å². The number of rotatable bonds is 6. The van der Waals surface area contributed by atoms with Crippen molar-refractivity contribution in [1.82, 2.24) is 24.8 Å². The topological polar surface area (TPSA) is 92.2 Å². The minimum Gasteiger partial charge on any atom is -0.352 e. The normalized spacial score (nSPS) is 11.7. The molecule has 0 saturated carbocycles. The van der Waals surface area contributed by atoms with Crippen LogP contribution in [0, 0.1) is 0 Å². The number of carbonyl (C=O) groups excluding carboxylic acids is 2. The molecule has 34 heavy (non-hydrogen) atoms. The van der Waals surface area contributed by atoms with Gasteiger partial charge in [-0.05, 0) is 36.4 Å². The van der Waals surface area contributed by atoms with Gasteiger partial charge in [0.15, 0.2) is 5.13 Å². The van der Waals surface area contributed by atoms with E-state index >= 15 is 0 Å². The van der Waals surface area contributed by atoms with E-state index in [-0.39, 0.29) is 24.8 Å². The van der Waals surface area contributed by atoms with E-state index in [4.69, 9.17) is 0 Å². The standard InChI is InChI=1S/C22H21F3N6O2S/c1-30(2)18(32)8-9-26-19(33)12-4-7-16-15(10-12)27-20(31(16)3)29-21-28-14-6-5-13(22(23,24)25)11-17(14)34-21/h4-7,10-11H,8-9H2,1-3H3,(H,26,33)(H,27,28,29). The summed E-state index contributed by atoms with van der Waals surface area (Å²) < 4.78 is 41.1. The Balaban J connectivity index is 1.52. The van der Waals surface area contributed by atoms with Crippen molar-refractivity contribution in [2.24, 2.45) is 7.05 Å². The monoisotopic (exact) mass is 490 g/mol. The fourth-order valence-electron chi connectivity index (χ4n) is 3.31. The smallest absolute Gasteiger partial charge is 0.352 e. The first-order valence-corrected chi connectivity index (χ1v) is 11.0. The van der Waals surface area contributed by atoms with Gasteiger partial charge in [0.05, 0.1) is 26.8 Å². The zero-order chi connectivity index (χ0) is 24.6. The van der Waals surface area contributed by atoms with Crippen LogP contribution in [0.2, 0.25) is 0 Å². The first kappa shape index (κ1) is 23.5. The molecule has 12 heteroatoms. The van der Waals surface area contributed by atoms with Crippen LogP contribution in [0.15, 0.2) is 36.4 Å². The Labute approximate surface area is 196 Å². The fraction of sp³-hybridized carbons (Fsp3) is 0.273. The molecule has 0 bridgehead atoms. The lowest BCUT2D eigenvalue weighted by atomic mass is 10.2. The molecule has 0 fully saturated rings. The quantitative estimate of drug-likeness (QED) is 0.424. The molecule has 0 radical (unpaired) electrons. The van der Waals surface area contributed by atoms with Crippen molar-refractivity contribution in [3.8, 4) is 0 Å². The second-order valence-corrected chi connectivity index (χ2v) is 8.85. The van der Waals surface area contributed by atoms with Gasteiger partial charge in [-0.3, -0.25) is 9.59 Å². The van der Waals surface area contributed by atoms with Crippen molar-refractivity contribution < 1.29 is 22.8 Å². The number of hydrogen-bond donors (Lipinski definition) is 2. The number of benzene rings is 2. The second-order valence-electron chi connectivity index (χ2n) is 7.82. The lowest BCUT2D eigenvalue weighted by Crippen LogP contribution is -2.30. The van der Waals surface area contributed by atoms with Gasteiger partial charge in [-0.1, -0.05) is 11.3 Å². The summed E-state index contributed by atoms with van der Waals surface area (Å²) in [5.41, 5.74) is 1.43. The van der Waals surface area contributed by atoms with Crippen molar-refractivity contribution in [3.63, 3.8) is 0 Å². The SMILES string of the molecule is CN(C)C(=O)CCNC(=O)c1ccc2c(c1)nc(Nc1nc3ccc(C(F)(F)F)cc3s1)n2C. The minimum absolute atomic E-state index is 0.0827. The van der Waals surface area contributed by atoms with Crippen LogP contribution in [0.3, 0.4) is 0 Å². The summed E-state index contributed by atoms with van der Waals surface area (Å²) in [5, 5.41) is 6.17. The Morgan fingerprint density at radius 2 is 1.85 bits per heavy atom. The third-order valence-corrected chi connectivity index (χ3v) is 6.13. The van der Waals surface area contributed by atoms with Crippen LogP contribution in [0.25, 0.3) is 21.3 Å². The van der Waals surface area contributed by atoms with Crippen LogP contribution < -0.4 is 10.6 Å². The molecule has 0 aliphatic heterocycles. The van der Waals surface area contributed by atoms with Crippen LogP contribution in [0.4, 0.5) is 24.3 Å². The Hall–Kier alpha value is -3.67. The maximum absolute atomic E-state index is 13.0. The van der Waals surface area contributed by atoms with E-state index < -0.39 is 11.7 Å². The Morgan fingerprint density at radius 3 is 2.56 bits per heavy atom. The highest BCUT2D eigenvalue weighted by Gasteiger charge is 2.30. The van der Waals surface area contributed by atoms with Gasteiger partial charge in [0.25, 0.3) is 5.91 Å². The zero-order valence-corrected chi connectivity index (χ0v) is 19.3. The van der Waals surface area contributed by atoms with E-state index in [1.54, 1.807) is 43.9 Å². The number of thiazole rings is 1. The van der Waals surface area contributed by atoms with Crippen LogP contribution in [-0.4, -0.2) is 51.9 Å². The van der Waals surface area contributed by atoms with Gasteiger partial charge in [0.1, 0.15) is 0 Å². The summed E-state index contributed by atoms with van der Waals surface area (Å²) in [6.07, 6.45) is -4.22. The van der Waals surface area contributed by atoms with E-state index in [1.807, 2.05) is 0 Å². The Kier molecular flexibility index (Phi) is 6.17. The fourth-order valence-corrected chi connectivity index (χ4v) is 4.21. The molecule has 4 rings (SSSR count). The number of halogens is 3. The molecule has 178 valence electrons. The molecule has 0 spiro atoms. The first-order chi connectivity index (χ1) is 16.0. The molecule has 2 aromatic heterocycles. The van der Waals surface area contributed by atoms with Crippen molar-refractivity contribution in [2.45, 2.75) is 12.6 Å². The molecule has 4 aromatic rings. The van der Waals surface area contributed by atoms with Crippen LogP contribution in [0.5, 0.6) is 0 Å². The highest BCUT2D eigenvalue weighted by molar-refractivity contribution is 7.22. The summed E-state index contributed by atoms with van der Waals surface area (Å²) in [5.74, 6) is 0.0279. The van der Waals surface area contributed by atoms with Gasteiger partial charge in [-0.25, -0.2) is 9.97 Å². The third-order valence-electron chi connectivity index (χ3n) is 5.20. The van der Waals surface area contributed by atoms with Gasteiger partial charge < -0.3 is 20.1 Å². The number of imidazole rings is 1. The highest BCUT2D eigenvalue weighted by atomic mass is 32.1. The average molecular weight is 491 g/mol. The summed E-state index contributed by atoms with van der Waals surface area (Å²) in [7, 11) is 5.08. The third kappa shape index (κ3) is 4.81. The number of amides is 2. The molecule has 2 aromatic carbocycles. The predicted molar refractivity (Wildman–Crippen MR) is 124 cm³/mol. The van der Waals surface area contributed by atoms with Crippen molar-refractivity contribution in [1.29, 1.82) is 0 Å². The predicted octanol–water partition coefficient (Wildman–Crippen LogP) is 4.15. The van der Waals surface area contributed by atoms with Gasteiger partial charge in [-0.15, -0.1) is 0 Å². The Bertz CT molecular complexity index is 1390. The van der Waals surface area contributed by atoms with Crippen LogP contribution in [-0.2, 0) is 18.0 Å². The number of aryl methyl sites for hydroxylation is 1. The number of aromatic nitrogens is 3. The van der Waals surface area contributed by atoms with Crippen molar-refractivity contribution in [3.05, 3.63) is 47.5 Å². The van der Waals surface area contributed by atoms with E-state index in [0.717, 1.165) is 29.0 Å². The molecule has 2 amide bonds. The molecule has 0 unspecified atom stereocenters. The number of alkyl halides is 3. The summed E-state index contributed by atoms with van der Waals surface area (Å²) in [4.78, 5) is 34.4. The van der Waals surface area contributed by atoms with Gasteiger partial charge in [0.2, 0.25) is 11.9 Å². The van der Waals surface area contributed by atoms with E-state index in [9.17, 15) is 22.8 Å². The number of fused-ring (bicyclic) bond motifs is 2. The number of anilines is 2. The number of hydrogen-bond acceptors (Lipinski definition) is 6. The highest BCUT2D eigenvalue weighted by Crippen LogP contribution is 2.35. The lowest BCUT2D eigenvalue weighted by Gasteiger charge is -2.10. The van der Waals surface area contributed by atoms with Gasteiger partial charge in [0, 0.05) is 39.7 Å². The summed E-state index contributed by atoms with van der Waals surface area (Å²) >= 11 is 1.09. The van der Waals surface area contributed by atoms with E-state index in [2.05, 4.69) is 20.6 Å². The van der Waals surface area contributed by atoms with Crippen molar-refractivity contribution >= 4 is 55.5 Å². The summed E-state index contributed by atoms with van der Waals surface area (Å²) in [6, 6.07) is 8.46. The van der Waals surface area contributed by atoms with Crippen molar-refractivity contribution in [2.75, 3.05) is 26.0 Å². The van der Waals surface area contributed by atoms with Crippen LogP contribution >= 0.6 is 11.3 Å². The first-order valence-electron chi connectivity index (χ1n) is 10.2.